The minimum absolute atomic E-state index is 0.0758. The van der Waals surface area contributed by atoms with Crippen molar-refractivity contribution in [2.24, 2.45) is 0 Å². The number of methoxy groups -OCH3 is 2. The van der Waals surface area contributed by atoms with Gasteiger partial charge < -0.3 is 58.7 Å². The van der Waals surface area contributed by atoms with E-state index in [4.69, 9.17) is 33.2 Å². The number of ether oxygens (including phenoxy) is 7. The Bertz CT molecular complexity index is 1310. The van der Waals surface area contributed by atoms with Crippen LogP contribution in [0, 0.1) is 0 Å². The molecule has 9 atom stereocenters. The first-order valence-electron chi connectivity index (χ1n) is 13.4. The van der Waals surface area contributed by atoms with Crippen LogP contribution in [-0.2, 0) is 15.9 Å². The van der Waals surface area contributed by atoms with Crippen molar-refractivity contribution < 1.29 is 58.7 Å². The Morgan fingerprint density at radius 1 is 0.951 bits per heavy atom. The zero-order chi connectivity index (χ0) is 29.0. The van der Waals surface area contributed by atoms with E-state index in [0.29, 0.717) is 46.3 Å². The third-order valence-electron chi connectivity index (χ3n) is 8.25. The number of rotatable bonds is 7. The molecule has 4 heterocycles. The fraction of sp³-hybridized carbons (Fsp3) is 0.517. The number of aliphatic hydroxyl groups is 5. The highest BCUT2D eigenvalue weighted by atomic mass is 16.7. The maximum Gasteiger partial charge on any atom is 0.187 e. The van der Waals surface area contributed by atoms with Gasteiger partial charge in [-0.2, -0.15) is 0 Å². The summed E-state index contributed by atoms with van der Waals surface area (Å²) in [6, 6.07) is 7.16. The van der Waals surface area contributed by atoms with Crippen LogP contribution < -0.4 is 23.7 Å². The second-order valence-corrected chi connectivity index (χ2v) is 10.6. The molecular weight excluding hydrogens is 540 g/mol. The minimum atomic E-state index is -1.54. The van der Waals surface area contributed by atoms with Crippen molar-refractivity contribution >= 4 is 0 Å². The van der Waals surface area contributed by atoms with Crippen molar-refractivity contribution in [2.75, 3.05) is 34.0 Å². The maximum atomic E-state index is 11.6. The van der Waals surface area contributed by atoms with Crippen LogP contribution in [0.3, 0.4) is 0 Å². The molecule has 222 valence electrons. The standard InChI is InChI=1S/C29H34O12/c1-12(10-38-29-27(34)26(33)25(32)21(9-30)41-29)17-7-15-16(39-17)5-4-13-24(31)23-14-6-19(35-2)20(36-3)8-18(14)37-11-22(23)40-28(13)15/h4-6,8,17,21-27,29-34H,1,7,9-11H2,2-3H3/t17-,21-,22-,23+,24+,25-,26+,27-,29-/m1/s1. The second kappa shape index (κ2) is 11.0. The number of aliphatic hydroxyl groups excluding tert-OH is 5. The fourth-order valence-electron chi connectivity index (χ4n) is 5.96. The average Bonchev–Trinajstić information content (AvgIpc) is 3.44. The molecule has 1 fully saturated rings. The van der Waals surface area contributed by atoms with Crippen LogP contribution >= 0.6 is 0 Å². The Balaban J connectivity index is 1.18. The molecule has 0 bridgehead atoms. The fourth-order valence-corrected chi connectivity index (χ4v) is 5.96. The second-order valence-electron chi connectivity index (χ2n) is 10.6. The molecule has 41 heavy (non-hydrogen) atoms. The number of hydrogen-bond donors (Lipinski definition) is 5. The predicted octanol–water partition coefficient (Wildman–Crippen LogP) is 0.351. The molecule has 0 aromatic heterocycles. The lowest BCUT2D eigenvalue weighted by Gasteiger charge is -2.41. The molecule has 2 aromatic rings. The number of fused-ring (bicyclic) bond motifs is 6. The van der Waals surface area contributed by atoms with Gasteiger partial charge in [0, 0.05) is 29.2 Å². The summed E-state index contributed by atoms with van der Waals surface area (Å²) in [5.41, 5.74) is 2.74. The van der Waals surface area contributed by atoms with Gasteiger partial charge in [0.05, 0.1) is 39.5 Å². The summed E-state index contributed by atoms with van der Waals surface area (Å²) in [5, 5.41) is 51.2. The van der Waals surface area contributed by atoms with Crippen molar-refractivity contribution in [2.45, 2.75) is 61.4 Å². The zero-order valence-electron chi connectivity index (χ0n) is 22.6. The first-order valence-corrected chi connectivity index (χ1v) is 13.4. The SMILES string of the molecule is C=C(CO[C@@H]1O[C@H](CO)[C@@H](O)[C@H](O)[C@H]1O)[C@H]1Cc2c(ccc3c2O[C@@H]2COc4cc(OC)c(OC)cc4[C@@H]2[C@H]3O)O1. The van der Waals surface area contributed by atoms with Gasteiger partial charge >= 0.3 is 0 Å². The van der Waals surface area contributed by atoms with Crippen LogP contribution in [0.1, 0.15) is 28.7 Å². The number of benzene rings is 2. The summed E-state index contributed by atoms with van der Waals surface area (Å²) in [7, 11) is 3.10. The lowest BCUT2D eigenvalue weighted by Crippen LogP contribution is -2.59. The van der Waals surface area contributed by atoms with Crippen LogP contribution in [0.5, 0.6) is 28.7 Å². The van der Waals surface area contributed by atoms with E-state index in [1.54, 1.807) is 32.4 Å². The monoisotopic (exact) mass is 574 g/mol. The van der Waals surface area contributed by atoms with Crippen LogP contribution in [0.4, 0.5) is 0 Å². The molecule has 0 spiro atoms. The summed E-state index contributed by atoms with van der Waals surface area (Å²) < 4.78 is 40.5. The summed E-state index contributed by atoms with van der Waals surface area (Å²) in [5.74, 6) is 2.43. The van der Waals surface area contributed by atoms with Crippen LogP contribution in [0.2, 0.25) is 0 Å². The predicted molar refractivity (Wildman–Crippen MR) is 141 cm³/mol. The van der Waals surface area contributed by atoms with Crippen molar-refractivity contribution in [3.8, 4) is 28.7 Å². The first-order chi connectivity index (χ1) is 19.7. The molecule has 1 saturated heterocycles. The van der Waals surface area contributed by atoms with Crippen molar-refractivity contribution in [1.82, 2.24) is 0 Å². The van der Waals surface area contributed by atoms with Gasteiger partial charge in [0.15, 0.2) is 17.8 Å². The van der Waals surface area contributed by atoms with Crippen molar-refractivity contribution in [3.05, 3.63) is 53.1 Å². The van der Waals surface area contributed by atoms with Gasteiger partial charge in [0.2, 0.25) is 0 Å². The minimum Gasteiger partial charge on any atom is -0.493 e. The van der Waals surface area contributed by atoms with Gasteiger partial charge in [-0.1, -0.05) is 6.58 Å². The normalized spacial score (nSPS) is 33.2. The molecule has 4 aliphatic rings. The van der Waals surface area contributed by atoms with E-state index in [-0.39, 0.29) is 19.1 Å². The molecule has 2 aromatic carbocycles. The summed E-state index contributed by atoms with van der Waals surface area (Å²) in [4.78, 5) is 0. The van der Waals surface area contributed by atoms with Gasteiger partial charge in [-0.25, -0.2) is 0 Å². The quantitative estimate of drug-likeness (QED) is 0.289. The molecule has 0 radical (unpaired) electrons. The van der Waals surface area contributed by atoms with E-state index in [1.165, 1.54) is 0 Å². The van der Waals surface area contributed by atoms with E-state index in [0.717, 1.165) is 11.1 Å². The summed E-state index contributed by atoms with van der Waals surface area (Å²) in [6.45, 7) is 3.68. The third-order valence-corrected chi connectivity index (χ3v) is 8.25. The molecule has 12 heteroatoms. The highest BCUT2D eigenvalue weighted by molar-refractivity contribution is 5.59. The van der Waals surface area contributed by atoms with E-state index >= 15 is 0 Å². The van der Waals surface area contributed by atoms with Crippen LogP contribution in [0.15, 0.2) is 36.4 Å². The molecule has 0 amide bonds. The lowest BCUT2D eigenvalue weighted by molar-refractivity contribution is -0.299. The Morgan fingerprint density at radius 3 is 2.44 bits per heavy atom. The van der Waals surface area contributed by atoms with E-state index < -0.39 is 55.6 Å². The van der Waals surface area contributed by atoms with E-state index in [9.17, 15) is 25.5 Å². The van der Waals surface area contributed by atoms with Gasteiger partial charge in [-0.05, 0) is 23.8 Å². The Morgan fingerprint density at radius 2 is 1.71 bits per heavy atom. The molecule has 6 rings (SSSR count). The summed E-state index contributed by atoms with van der Waals surface area (Å²) in [6.07, 6.45) is -8.27. The molecule has 0 aliphatic carbocycles. The van der Waals surface area contributed by atoms with Gasteiger partial charge in [-0.15, -0.1) is 0 Å². The third kappa shape index (κ3) is 4.69. The van der Waals surface area contributed by atoms with Crippen molar-refractivity contribution in [3.63, 3.8) is 0 Å². The smallest absolute Gasteiger partial charge is 0.187 e. The zero-order valence-corrected chi connectivity index (χ0v) is 22.6. The molecule has 0 saturated carbocycles. The Hall–Kier alpha value is -3.10. The number of hydrogen-bond acceptors (Lipinski definition) is 12. The lowest BCUT2D eigenvalue weighted by atomic mass is 9.80. The molecule has 0 unspecified atom stereocenters. The molecule has 4 aliphatic heterocycles. The van der Waals surface area contributed by atoms with Gasteiger partial charge in [-0.3, -0.25) is 0 Å². The van der Waals surface area contributed by atoms with Crippen LogP contribution in [-0.4, -0.2) is 102 Å². The van der Waals surface area contributed by atoms with Gasteiger partial charge in [0.1, 0.15) is 60.5 Å². The van der Waals surface area contributed by atoms with Crippen molar-refractivity contribution in [1.29, 1.82) is 0 Å². The molecule has 5 N–H and O–H groups in total. The summed E-state index contributed by atoms with van der Waals surface area (Å²) >= 11 is 0. The van der Waals surface area contributed by atoms with E-state index in [2.05, 4.69) is 6.58 Å². The largest absolute Gasteiger partial charge is 0.493 e. The average molecular weight is 575 g/mol. The maximum absolute atomic E-state index is 11.6. The topological polar surface area (TPSA) is 166 Å². The molecule has 12 nitrogen and oxygen atoms in total. The first kappa shape index (κ1) is 28.0. The van der Waals surface area contributed by atoms with E-state index in [1.807, 2.05) is 6.07 Å². The molecular formula is C29H34O12. The van der Waals surface area contributed by atoms with Crippen LogP contribution in [0.25, 0.3) is 0 Å². The highest BCUT2D eigenvalue weighted by Crippen LogP contribution is 2.54. The highest BCUT2D eigenvalue weighted by Gasteiger charge is 2.47. The Kier molecular flexibility index (Phi) is 7.49. The Labute approximate surface area is 236 Å². The van der Waals surface area contributed by atoms with Gasteiger partial charge in [0.25, 0.3) is 0 Å².